The molecule has 0 spiro atoms. The lowest BCUT2D eigenvalue weighted by molar-refractivity contribution is 0.983. The van der Waals surface area contributed by atoms with Crippen molar-refractivity contribution in [3.8, 4) is 0 Å². The van der Waals surface area contributed by atoms with Crippen LogP contribution >= 0.6 is 0 Å². The van der Waals surface area contributed by atoms with Crippen molar-refractivity contribution in [3.05, 3.63) is 11.8 Å². The van der Waals surface area contributed by atoms with Crippen LogP contribution in [0.4, 0.5) is 11.8 Å². The molecule has 2 rings (SSSR count). The summed E-state index contributed by atoms with van der Waals surface area (Å²) in [5.41, 5.74) is 1.17. The first-order valence-corrected chi connectivity index (χ1v) is 5.14. The fraction of sp³-hybridized carbons (Fsp3) is 0.600. The average molecular weight is 192 g/mol. The van der Waals surface area contributed by atoms with Gasteiger partial charge in [0, 0.05) is 25.6 Å². The average Bonchev–Trinajstić information content (AvgIpc) is 3.01. The lowest BCUT2D eigenvalue weighted by atomic mass is 10.3. The molecule has 1 heterocycles. The van der Waals surface area contributed by atoms with Crippen LogP contribution in [0.2, 0.25) is 0 Å². The van der Waals surface area contributed by atoms with Crippen LogP contribution in [0.25, 0.3) is 0 Å². The molecule has 0 amide bonds. The summed E-state index contributed by atoms with van der Waals surface area (Å²) in [6.07, 6.45) is 2.54. The zero-order valence-corrected chi connectivity index (χ0v) is 8.67. The number of nitrogens with zero attached hydrogens (tertiary/aromatic N) is 2. The Morgan fingerprint density at radius 1 is 1.43 bits per heavy atom. The Hall–Kier alpha value is -1.32. The summed E-state index contributed by atoms with van der Waals surface area (Å²) >= 11 is 0. The molecule has 0 saturated heterocycles. The van der Waals surface area contributed by atoms with Crippen molar-refractivity contribution in [3.63, 3.8) is 0 Å². The molecule has 0 radical (unpaired) electrons. The van der Waals surface area contributed by atoms with E-state index in [2.05, 4.69) is 33.6 Å². The Morgan fingerprint density at radius 2 is 2.21 bits per heavy atom. The van der Waals surface area contributed by atoms with Gasteiger partial charge in [0.25, 0.3) is 0 Å². The second-order valence-electron chi connectivity index (χ2n) is 3.56. The van der Waals surface area contributed by atoms with Gasteiger partial charge in [-0.25, -0.2) is 4.98 Å². The summed E-state index contributed by atoms with van der Waals surface area (Å²) in [5.74, 6) is 2.31. The molecule has 14 heavy (non-hydrogen) atoms. The van der Waals surface area contributed by atoms with E-state index in [-0.39, 0.29) is 0 Å². The van der Waals surface area contributed by atoms with E-state index in [0.29, 0.717) is 11.9 Å². The fourth-order valence-corrected chi connectivity index (χ4v) is 1.44. The van der Waals surface area contributed by atoms with Crippen LogP contribution in [-0.4, -0.2) is 23.6 Å². The molecule has 4 nitrogen and oxygen atoms in total. The first-order valence-electron chi connectivity index (χ1n) is 5.14. The predicted octanol–water partition coefficient (Wildman–Crippen LogP) is 1.83. The minimum Gasteiger partial charge on any atom is -0.370 e. The molecule has 0 aliphatic heterocycles. The van der Waals surface area contributed by atoms with Gasteiger partial charge < -0.3 is 10.6 Å². The predicted molar refractivity (Wildman–Crippen MR) is 57.7 cm³/mol. The largest absolute Gasteiger partial charge is 0.370 e. The van der Waals surface area contributed by atoms with Gasteiger partial charge in [-0.3, -0.25) is 0 Å². The van der Waals surface area contributed by atoms with Crippen molar-refractivity contribution in [1.29, 1.82) is 0 Å². The lowest BCUT2D eigenvalue weighted by Crippen LogP contribution is -2.05. The van der Waals surface area contributed by atoms with Gasteiger partial charge in [-0.15, -0.1) is 0 Å². The summed E-state index contributed by atoms with van der Waals surface area (Å²) in [4.78, 5) is 8.75. The van der Waals surface area contributed by atoms with E-state index >= 15 is 0 Å². The van der Waals surface area contributed by atoms with Gasteiger partial charge in [-0.1, -0.05) is 0 Å². The SMILES string of the molecule is CCNc1cc(C2CC2)nc(NC)n1. The number of hydrogen-bond donors (Lipinski definition) is 2. The molecule has 0 aromatic carbocycles. The molecule has 1 fully saturated rings. The summed E-state index contributed by atoms with van der Waals surface area (Å²) < 4.78 is 0. The van der Waals surface area contributed by atoms with E-state index in [9.17, 15) is 0 Å². The zero-order valence-electron chi connectivity index (χ0n) is 8.67. The van der Waals surface area contributed by atoms with Gasteiger partial charge >= 0.3 is 0 Å². The Balaban J connectivity index is 2.26. The Kier molecular flexibility index (Phi) is 2.52. The highest BCUT2D eigenvalue weighted by Crippen LogP contribution is 2.39. The smallest absolute Gasteiger partial charge is 0.224 e. The maximum Gasteiger partial charge on any atom is 0.224 e. The standard InChI is InChI=1S/C10H16N4/c1-3-12-9-6-8(7-4-5-7)13-10(11-2)14-9/h6-7H,3-5H2,1-2H3,(H2,11,12,13,14). The second kappa shape index (κ2) is 3.82. The van der Waals surface area contributed by atoms with Gasteiger partial charge in [-0.05, 0) is 19.8 Å². The first kappa shape index (κ1) is 9.24. The van der Waals surface area contributed by atoms with Gasteiger partial charge in [-0.2, -0.15) is 4.98 Å². The van der Waals surface area contributed by atoms with E-state index in [1.165, 1.54) is 18.5 Å². The Morgan fingerprint density at radius 3 is 2.79 bits per heavy atom. The highest BCUT2D eigenvalue weighted by molar-refractivity contribution is 5.43. The Bertz CT molecular complexity index is 320. The molecule has 1 aromatic rings. The van der Waals surface area contributed by atoms with Gasteiger partial charge in [0.15, 0.2) is 0 Å². The monoisotopic (exact) mass is 192 g/mol. The maximum absolute atomic E-state index is 4.43. The number of anilines is 2. The maximum atomic E-state index is 4.43. The highest BCUT2D eigenvalue weighted by atomic mass is 15.1. The third-order valence-corrected chi connectivity index (χ3v) is 2.32. The van der Waals surface area contributed by atoms with Gasteiger partial charge in [0.05, 0.1) is 5.69 Å². The van der Waals surface area contributed by atoms with Crippen molar-refractivity contribution < 1.29 is 0 Å². The minimum absolute atomic E-state index is 0.669. The third kappa shape index (κ3) is 1.95. The number of nitrogens with one attached hydrogen (secondary N) is 2. The first-order chi connectivity index (χ1) is 6.83. The molecular weight excluding hydrogens is 176 g/mol. The molecular formula is C10H16N4. The zero-order chi connectivity index (χ0) is 9.97. The quantitative estimate of drug-likeness (QED) is 0.764. The molecule has 2 N–H and O–H groups in total. The van der Waals surface area contributed by atoms with E-state index in [1.54, 1.807) is 0 Å². The van der Waals surface area contributed by atoms with Gasteiger partial charge in [0.2, 0.25) is 5.95 Å². The number of hydrogen-bond acceptors (Lipinski definition) is 4. The lowest BCUT2D eigenvalue weighted by Gasteiger charge is -2.07. The van der Waals surface area contributed by atoms with Crippen molar-refractivity contribution >= 4 is 11.8 Å². The molecule has 1 aromatic heterocycles. The molecule has 0 bridgehead atoms. The summed E-state index contributed by atoms with van der Waals surface area (Å²) in [6, 6.07) is 2.06. The molecule has 0 atom stereocenters. The van der Waals surface area contributed by atoms with Crippen LogP contribution in [0, 0.1) is 0 Å². The van der Waals surface area contributed by atoms with E-state index < -0.39 is 0 Å². The fourth-order valence-electron chi connectivity index (χ4n) is 1.44. The molecule has 1 saturated carbocycles. The van der Waals surface area contributed by atoms with Crippen molar-refractivity contribution in [2.24, 2.45) is 0 Å². The summed E-state index contributed by atoms with van der Waals surface area (Å²) in [5, 5.41) is 6.20. The van der Waals surface area contributed by atoms with Crippen LogP contribution in [0.5, 0.6) is 0 Å². The normalized spacial score (nSPS) is 15.3. The number of rotatable bonds is 4. The second-order valence-corrected chi connectivity index (χ2v) is 3.56. The highest BCUT2D eigenvalue weighted by Gasteiger charge is 2.25. The van der Waals surface area contributed by atoms with Crippen LogP contribution < -0.4 is 10.6 Å². The molecule has 0 unspecified atom stereocenters. The van der Waals surface area contributed by atoms with Crippen molar-refractivity contribution in [2.75, 3.05) is 24.2 Å². The molecule has 4 heteroatoms. The van der Waals surface area contributed by atoms with Crippen molar-refractivity contribution in [1.82, 2.24) is 9.97 Å². The van der Waals surface area contributed by atoms with E-state index in [4.69, 9.17) is 0 Å². The molecule has 1 aliphatic carbocycles. The minimum atomic E-state index is 0.669. The van der Waals surface area contributed by atoms with Crippen LogP contribution in [0.3, 0.4) is 0 Å². The molecule has 76 valence electrons. The molecule has 1 aliphatic rings. The van der Waals surface area contributed by atoms with Crippen LogP contribution in [-0.2, 0) is 0 Å². The number of aromatic nitrogens is 2. The van der Waals surface area contributed by atoms with Crippen LogP contribution in [0.1, 0.15) is 31.4 Å². The Labute approximate surface area is 84.2 Å². The third-order valence-electron chi connectivity index (χ3n) is 2.32. The van der Waals surface area contributed by atoms with E-state index in [1.807, 2.05) is 7.05 Å². The van der Waals surface area contributed by atoms with Crippen molar-refractivity contribution in [2.45, 2.75) is 25.7 Å². The topological polar surface area (TPSA) is 49.8 Å². The van der Waals surface area contributed by atoms with E-state index in [0.717, 1.165) is 12.4 Å². The summed E-state index contributed by atoms with van der Waals surface area (Å²) in [6.45, 7) is 2.96. The van der Waals surface area contributed by atoms with Crippen LogP contribution in [0.15, 0.2) is 6.07 Å². The van der Waals surface area contributed by atoms with Gasteiger partial charge in [0.1, 0.15) is 5.82 Å². The summed E-state index contributed by atoms with van der Waals surface area (Å²) in [7, 11) is 1.85.